The van der Waals surface area contributed by atoms with Gasteiger partial charge >= 0.3 is 0 Å². The molecule has 0 saturated heterocycles. The molecule has 1 aromatic carbocycles. The van der Waals surface area contributed by atoms with Gasteiger partial charge in [0.15, 0.2) is 11.7 Å². The molecular weight excluding hydrogens is 380 g/mol. The third-order valence-corrected chi connectivity index (χ3v) is 5.41. The highest BCUT2D eigenvalue weighted by atomic mass is 35.5. The lowest BCUT2D eigenvalue weighted by Crippen LogP contribution is -2.13. The largest absolute Gasteiger partial charge is 0.297 e. The van der Waals surface area contributed by atoms with Crippen LogP contribution in [0.25, 0.3) is 5.69 Å². The van der Waals surface area contributed by atoms with Crippen LogP contribution in [0.4, 0.5) is 0 Å². The van der Waals surface area contributed by atoms with E-state index in [9.17, 15) is 10.1 Å². The highest BCUT2D eigenvalue weighted by Crippen LogP contribution is 2.25. The summed E-state index contributed by atoms with van der Waals surface area (Å²) in [5.74, 6) is -1.02. The van der Waals surface area contributed by atoms with Gasteiger partial charge in [-0.05, 0) is 41.6 Å². The SMILES string of the molecule is Cc1csc(C(C#N)C(=O)CSc2nnnn2-c2ccc(Cl)cc2)n1. The lowest BCUT2D eigenvalue weighted by atomic mass is 10.1. The molecule has 3 aromatic rings. The highest BCUT2D eigenvalue weighted by Gasteiger charge is 2.24. The molecule has 2 aromatic heterocycles. The first-order valence-electron chi connectivity index (χ1n) is 7.10. The van der Waals surface area contributed by atoms with E-state index in [0.29, 0.717) is 15.2 Å². The number of Topliss-reactive ketones (excluding diaryl/α,β-unsaturated/α-hetero) is 1. The van der Waals surface area contributed by atoms with Gasteiger partial charge < -0.3 is 0 Å². The number of hydrogen-bond donors (Lipinski definition) is 0. The molecule has 0 bridgehead atoms. The van der Waals surface area contributed by atoms with E-state index in [-0.39, 0.29) is 11.5 Å². The summed E-state index contributed by atoms with van der Waals surface area (Å²) in [5, 5.41) is 24.2. The van der Waals surface area contributed by atoms with Crippen LogP contribution >= 0.6 is 34.7 Å². The number of rotatable bonds is 6. The van der Waals surface area contributed by atoms with Gasteiger partial charge in [0.1, 0.15) is 5.01 Å². The van der Waals surface area contributed by atoms with Gasteiger partial charge in [0.2, 0.25) is 5.16 Å². The normalized spacial score (nSPS) is 11.9. The van der Waals surface area contributed by atoms with E-state index in [0.717, 1.165) is 11.4 Å². The van der Waals surface area contributed by atoms with Crippen LogP contribution in [0.15, 0.2) is 34.8 Å². The Labute approximate surface area is 156 Å². The van der Waals surface area contributed by atoms with E-state index < -0.39 is 5.92 Å². The number of thioether (sulfide) groups is 1. The van der Waals surface area contributed by atoms with Gasteiger partial charge in [-0.3, -0.25) is 4.79 Å². The fourth-order valence-corrected chi connectivity index (χ4v) is 3.79. The van der Waals surface area contributed by atoms with Crippen molar-refractivity contribution >= 4 is 40.5 Å². The van der Waals surface area contributed by atoms with Crippen LogP contribution in [-0.2, 0) is 4.79 Å². The van der Waals surface area contributed by atoms with Crippen molar-refractivity contribution in [3.05, 3.63) is 45.4 Å². The highest BCUT2D eigenvalue weighted by molar-refractivity contribution is 7.99. The van der Waals surface area contributed by atoms with E-state index in [4.69, 9.17) is 11.6 Å². The summed E-state index contributed by atoms with van der Waals surface area (Å²) in [5.41, 5.74) is 1.53. The van der Waals surface area contributed by atoms with Crippen molar-refractivity contribution in [1.29, 1.82) is 5.26 Å². The van der Waals surface area contributed by atoms with Crippen molar-refractivity contribution in [1.82, 2.24) is 25.2 Å². The van der Waals surface area contributed by atoms with Gasteiger partial charge in [-0.15, -0.1) is 16.4 Å². The minimum atomic E-state index is -0.869. The van der Waals surface area contributed by atoms with Crippen molar-refractivity contribution in [2.45, 2.75) is 18.0 Å². The Morgan fingerprint density at radius 2 is 2.20 bits per heavy atom. The zero-order valence-corrected chi connectivity index (χ0v) is 15.3. The Bertz CT molecular complexity index is 930. The van der Waals surface area contributed by atoms with E-state index in [1.54, 1.807) is 24.3 Å². The van der Waals surface area contributed by atoms with Crippen molar-refractivity contribution in [3.63, 3.8) is 0 Å². The first kappa shape index (κ1) is 17.5. The maximum Gasteiger partial charge on any atom is 0.214 e. The number of carbonyl (C=O) groups is 1. The van der Waals surface area contributed by atoms with Crippen LogP contribution in [0.2, 0.25) is 5.02 Å². The van der Waals surface area contributed by atoms with E-state index in [1.807, 2.05) is 18.4 Å². The molecule has 0 fully saturated rings. The van der Waals surface area contributed by atoms with Crippen molar-refractivity contribution in [2.24, 2.45) is 0 Å². The molecule has 0 aliphatic heterocycles. The van der Waals surface area contributed by atoms with Crippen molar-refractivity contribution < 1.29 is 4.79 Å². The number of thiazole rings is 1. The molecule has 1 atom stereocenters. The third kappa shape index (κ3) is 4.04. The molecule has 0 N–H and O–H groups in total. The van der Waals surface area contributed by atoms with Gasteiger partial charge in [-0.25, -0.2) is 4.98 Å². The fourth-order valence-electron chi connectivity index (χ4n) is 2.00. The molecule has 10 heteroatoms. The minimum Gasteiger partial charge on any atom is -0.297 e. The van der Waals surface area contributed by atoms with Gasteiger partial charge in [-0.1, -0.05) is 23.4 Å². The number of halogens is 1. The summed E-state index contributed by atoms with van der Waals surface area (Å²) in [6, 6.07) is 9.05. The molecule has 25 heavy (non-hydrogen) atoms. The number of nitrogens with zero attached hydrogens (tertiary/aromatic N) is 6. The van der Waals surface area contributed by atoms with Gasteiger partial charge in [0.25, 0.3) is 0 Å². The van der Waals surface area contributed by atoms with Crippen LogP contribution in [-0.4, -0.2) is 36.7 Å². The molecular formula is C15H11ClN6OS2. The summed E-state index contributed by atoms with van der Waals surface area (Å²) in [7, 11) is 0. The van der Waals surface area contributed by atoms with Gasteiger partial charge in [0.05, 0.1) is 17.5 Å². The van der Waals surface area contributed by atoms with E-state index in [1.165, 1.54) is 27.8 Å². The number of carbonyl (C=O) groups excluding carboxylic acids is 1. The van der Waals surface area contributed by atoms with E-state index in [2.05, 4.69) is 20.5 Å². The summed E-state index contributed by atoms with van der Waals surface area (Å²) >= 11 is 8.37. The standard InChI is InChI=1S/C15H11ClN6OS2/c1-9-7-24-14(18-9)12(6-17)13(23)8-25-15-19-20-21-22(15)11-4-2-10(16)3-5-11/h2-5,7,12H,8H2,1H3. The fraction of sp³-hybridized carbons (Fsp3) is 0.200. The maximum absolute atomic E-state index is 12.4. The molecule has 0 saturated carbocycles. The Balaban J connectivity index is 1.72. The number of tetrazole rings is 1. The second-order valence-electron chi connectivity index (χ2n) is 4.99. The maximum atomic E-state index is 12.4. The molecule has 7 nitrogen and oxygen atoms in total. The molecule has 1 unspecified atom stereocenters. The molecule has 126 valence electrons. The van der Waals surface area contributed by atoms with Crippen LogP contribution in [0, 0.1) is 18.3 Å². The monoisotopic (exact) mass is 390 g/mol. The summed E-state index contributed by atoms with van der Waals surface area (Å²) in [6.07, 6.45) is 0. The molecule has 0 aliphatic carbocycles. The summed E-state index contributed by atoms with van der Waals surface area (Å²) in [6.45, 7) is 1.83. The first-order chi connectivity index (χ1) is 12.1. The average molecular weight is 391 g/mol. The predicted molar refractivity (Wildman–Crippen MR) is 95.1 cm³/mol. The molecule has 0 amide bonds. The number of nitriles is 1. The Morgan fingerprint density at radius 1 is 1.44 bits per heavy atom. The van der Waals surface area contributed by atoms with Crippen molar-refractivity contribution in [2.75, 3.05) is 5.75 Å². The van der Waals surface area contributed by atoms with Crippen LogP contribution in [0.5, 0.6) is 0 Å². The number of benzene rings is 1. The zero-order chi connectivity index (χ0) is 17.8. The first-order valence-corrected chi connectivity index (χ1v) is 9.34. The molecule has 0 radical (unpaired) electrons. The minimum absolute atomic E-state index is 0.0742. The van der Waals surface area contributed by atoms with E-state index >= 15 is 0 Å². The predicted octanol–water partition coefficient (Wildman–Crippen LogP) is 3.05. The van der Waals surface area contributed by atoms with Gasteiger partial charge in [-0.2, -0.15) is 9.94 Å². The van der Waals surface area contributed by atoms with Crippen LogP contribution in [0.1, 0.15) is 16.6 Å². The van der Waals surface area contributed by atoms with Crippen molar-refractivity contribution in [3.8, 4) is 11.8 Å². The lowest BCUT2D eigenvalue weighted by Gasteiger charge is -2.06. The zero-order valence-electron chi connectivity index (χ0n) is 13.0. The second-order valence-corrected chi connectivity index (χ2v) is 7.26. The topological polar surface area (TPSA) is 97.4 Å². The van der Waals surface area contributed by atoms with Gasteiger partial charge in [0, 0.05) is 16.1 Å². The summed E-state index contributed by atoms with van der Waals surface area (Å²) < 4.78 is 1.52. The number of hydrogen-bond acceptors (Lipinski definition) is 8. The molecule has 0 aliphatic rings. The Morgan fingerprint density at radius 3 is 2.84 bits per heavy atom. The average Bonchev–Trinajstić information content (AvgIpc) is 3.23. The van der Waals surface area contributed by atoms with Crippen LogP contribution < -0.4 is 0 Å². The third-order valence-electron chi connectivity index (χ3n) is 3.19. The quantitative estimate of drug-likeness (QED) is 0.596. The number of ketones is 1. The second kappa shape index (κ2) is 7.74. The summed E-state index contributed by atoms with van der Waals surface area (Å²) in [4.78, 5) is 16.6. The Kier molecular flexibility index (Phi) is 5.43. The number of aromatic nitrogens is 5. The smallest absolute Gasteiger partial charge is 0.214 e. The Hall–Kier alpha value is -2.28. The molecule has 3 rings (SSSR count). The number of aryl methyl sites for hydroxylation is 1. The molecule has 2 heterocycles. The molecule has 0 spiro atoms. The van der Waals surface area contributed by atoms with Crippen LogP contribution in [0.3, 0.4) is 0 Å². The lowest BCUT2D eigenvalue weighted by molar-refractivity contribution is -0.116.